The molecule has 1 aromatic carbocycles. The number of hydrogen-bond acceptors (Lipinski definition) is 6. The number of nitro groups is 1. The molecular formula is C14H17ClN4O5S. The van der Waals surface area contributed by atoms with Crippen LogP contribution in [0.25, 0.3) is 0 Å². The summed E-state index contributed by atoms with van der Waals surface area (Å²) in [7, 11) is 0. The van der Waals surface area contributed by atoms with Crippen LogP contribution < -0.4 is 16.2 Å². The first-order valence-electron chi connectivity index (χ1n) is 7.06. The molecular weight excluding hydrogens is 372 g/mol. The number of nitro benzene ring substituents is 1. The summed E-state index contributed by atoms with van der Waals surface area (Å²) in [4.78, 5) is 45.4. The molecule has 0 aliphatic rings. The minimum atomic E-state index is -0.915. The molecule has 9 nitrogen and oxygen atoms in total. The van der Waals surface area contributed by atoms with E-state index in [0.717, 1.165) is 6.07 Å². The molecule has 0 saturated carbocycles. The first-order valence-corrected chi connectivity index (χ1v) is 8.83. The second-order valence-electron chi connectivity index (χ2n) is 4.90. The Morgan fingerprint density at radius 2 is 2.00 bits per heavy atom. The van der Waals surface area contributed by atoms with Gasteiger partial charge in [-0.3, -0.25) is 35.3 Å². The van der Waals surface area contributed by atoms with E-state index in [9.17, 15) is 24.5 Å². The van der Waals surface area contributed by atoms with Crippen molar-refractivity contribution in [2.75, 3.05) is 12.0 Å². The fourth-order valence-electron chi connectivity index (χ4n) is 1.78. The summed E-state index contributed by atoms with van der Waals surface area (Å²) in [5, 5.41) is 13.3. The largest absolute Gasteiger partial charge is 0.340 e. The van der Waals surface area contributed by atoms with Crippen LogP contribution in [0.2, 0.25) is 5.02 Å². The molecule has 1 atom stereocenters. The fraction of sp³-hybridized carbons (Fsp3) is 0.357. The number of hydrogen-bond donors (Lipinski definition) is 3. The number of nitrogens with zero attached hydrogens (tertiary/aromatic N) is 1. The van der Waals surface area contributed by atoms with Crippen molar-refractivity contribution in [1.29, 1.82) is 0 Å². The van der Waals surface area contributed by atoms with Gasteiger partial charge in [-0.05, 0) is 30.6 Å². The molecule has 0 spiro atoms. The van der Waals surface area contributed by atoms with Crippen molar-refractivity contribution in [3.05, 3.63) is 38.9 Å². The smallest absolute Gasteiger partial charge is 0.288 e. The molecule has 25 heavy (non-hydrogen) atoms. The third kappa shape index (κ3) is 6.59. The highest BCUT2D eigenvalue weighted by Gasteiger charge is 2.23. The molecule has 0 saturated heterocycles. The van der Waals surface area contributed by atoms with Crippen LogP contribution in [0.3, 0.4) is 0 Å². The van der Waals surface area contributed by atoms with Gasteiger partial charge in [-0.1, -0.05) is 11.6 Å². The zero-order valence-corrected chi connectivity index (χ0v) is 15.1. The SMILES string of the molecule is CSCCC(NC(=O)c1ccc(Cl)c([N+](=O)[O-])c1)C(=O)NNC(C)=O. The molecule has 1 unspecified atom stereocenters. The zero-order valence-electron chi connectivity index (χ0n) is 13.5. The number of carbonyl (C=O) groups is 3. The maximum absolute atomic E-state index is 12.3. The van der Waals surface area contributed by atoms with Gasteiger partial charge in [0.1, 0.15) is 11.1 Å². The minimum absolute atomic E-state index is 0.00224. The molecule has 0 radical (unpaired) electrons. The molecule has 1 aromatic rings. The van der Waals surface area contributed by atoms with Gasteiger partial charge in [0, 0.05) is 18.6 Å². The monoisotopic (exact) mass is 388 g/mol. The van der Waals surface area contributed by atoms with Gasteiger partial charge in [0.25, 0.3) is 17.5 Å². The lowest BCUT2D eigenvalue weighted by molar-refractivity contribution is -0.384. The normalized spacial score (nSPS) is 11.3. The number of carbonyl (C=O) groups excluding carboxylic acids is 3. The first-order chi connectivity index (χ1) is 11.8. The van der Waals surface area contributed by atoms with E-state index in [1.54, 1.807) is 0 Å². The van der Waals surface area contributed by atoms with Crippen LogP contribution in [0.5, 0.6) is 0 Å². The number of nitrogens with one attached hydrogen (secondary N) is 3. The second-order valence-corrected chi connectivity index (χ2v) is 6.29. The molecule has 0 aromatic heterocycles. The lowest BCUT2D eigenvalue weighted by Crippen LogP contribution is -2.52. The summed E-state index contributed by atoms with van der Waals surface area (Å²) in [6.45, 7) is 1.22. The maximum Gasteiger partial charge on any atom is 0.288 e. The highest BCUT2D eigenvalue weighted by atomic mass is 35.5. The number of benzene rings is 1. The van der Waals surface area contributed by atoms with Crippen molar-refractivity contribution in [3.8, 4) is 0 Å². The summed E-state index contributed by atoms with van der Waals surface area (Å²) in [5.41, 5.74) is 3.93. The Bertz CT molecular complexity index is 685. The van der Waals surface area contributed by atoms with Gasteiger partial charge in [-0.2, -0.15) is 11.8 Å². The molecule has 3 N–H and O–H groups in total. The summed E-state index contributed by atoms with van der Waals surface area (Å²) in [6, 6.07) is 2.68. The van der Waals surface area contributed by atoms with E-state index in [-0.39, 0.29) is 10.6 Å². The van der Waals surface area contributed by atoms with Gasteiger partial charge in [0.05, 0.1) is 4.92 Å². The first kappa shape index (κ1) is 20.7. The number of halogens is 1. The van der Waals surface area contributed by atoms with Gasteiger partial charge >= 0.3 is 0 Å². The van der Waals surface area contributed by atoms with Crippen LogP contribution in [0, 0.1) is 10.1 Å². The van der Waals surface area contributed by atoms with E-state index in [4.69, 9.17) is 11.6 Å². The molecule has 0 heterocycles. The van der Waals surface area contributed by atoms with E-state index >= 15 is 0 Å². The average Bonchev–Trinajstić information content (AvgIpc) is 2.56. The van der Waals surface area contributed by atoms with Crippen LogP contribution in [-0.4, -0.2) is 40.7 Å². The standard InChI is InChI=1S/C14H17ClN4O5S/c1-8(20)17-18-14(22)11(5-6-25-2)16-13(21)9-3-4-10(15)12(7-9)19(23)24/h3-4,7,11H,5-6H2,1-2H3,(H,16,21)(H,17,20)(H,18,22). The Kier molecular flexibility index (Phi) is 8.16. The number of amides is 3. The third-order valence-corrected chi connectivity index (χ3v) is 3.96. The topological polar surface area (TPSA) is 130 Å². The van der Waals surface area contributed by atoms with E-state index in [1.807, 2.05) is 6.26 Å². The molecule has 0 bridgehead atoms. The molecule has 0 aliphatic heterocycles. The summed E-state index contributed by atoms with van der Waals surface area (Å²) >= 11 is 7.19. The summed E-state index contributed by atoms with van der Waals surface area (Å²) < 4.78 is 0. The molecule has 3 amide bonds. The highest BCUT2D eigenvalue weighted by molar-refractivity contribution is 7.98. The Hall–Kier alpha value is -2.33. The number of thioether (sulfide) groups is 1. The van der Waals surface area contributed by atoms with Crippen LogP contribution in [0.1, 0.15) is 23.7 Å². The van der Waals surface area contributed by atoms with Crippen molar-refractivity contribution in [2.45, 2.75) is 19.4 Å². The highest BCUT2D eigenvalue weighted by Crippen LogP contribution is 2.25. The molecule has 0 aliphatic carbocycles. The van der Waals surface area contributed by atoms with Gasteiger partial charge in [0.2, 0.25) is 5.91 Å². The predicted octanol–water partition coefficient (Wildman–Crippen LogP) is 1.27. The average molecular weight is 389 g/mol. The molecule has 0 fully saturated rings. The van der Waals surface area contributed by atoms with E-state index in [1.165, 1.54) is 30.8 Å². The number of rotatable bonds is 7. The van der Waals surface area contributed by atoms with Crippen LogP contribution in [0.4, 0.5) is 5.69 Å². The Morgan fingerprint density at radius 1 is 1.32 bits per heavy atom. The van der Waals surface area contributed by atoms with Gasteiger partial charge in [-0.25, -0.2) is 0 Å². The van der Waals surface area contributed by atoms with E-state index < -0.39 is 34.4 Å². The lowest BCUT2D eigenvalue weighted by atomic mass is 10.1. The van der Waals surface area contributed by atoms with Crippen molar-refractivity contribution < 1.29 is 19.3 Å². The second kappa shape index (κ2) is 9.84. The molecule has 136 valence electrons. The van der Waals surface area contributed by atoms with Crippen molar-refractivity contribution in [2.24, 2.45) is 0 Å². The summed E-state index contributed by atoms with van der Waals surface area (Å²) in [5.74, 6) is -1.14. The Labute approximate surface area is 153 Å². The Morgan fingerprint density at radius 3 is 2.56 bits per heavy atom. The van der Waals surface area contributed by atoms with E-state index in [2.05, 4.69) is 16.2 Å². The minimum Gasteiger partial charge on any atom is -0.340 e. The van der Waals surface area contributed by atoms with Gasteiger partial charge in [-0.15, -0.1) is 0 Å². The molecule has 1 rings (SSSR count). The van der Waals surface area contributed by atoms with Crippen LogP contribution >= 0.6 is 23.4 Å². The van der Waals surface area contributed by atoms with Crippen molar-refractivity contribution in [3.63, 3.8) is 0 Å². The predicted molar refractivity (Wildman–Crippen MR) is 94.3 cm³/mol. The lowest BCUT2D eigenvalue weighted by Gasteiger charge is -2.18. The quantitative estimate of drug-likeness (QED) is 0.476. The van der Waals surface area contributed by atoms with Crippen LogP contribution in [0.15, 0.2) is 18.2 Å². The fourth-order valence-corrected chi connectivity index (χ4v) is 2.43. The van der Waals surface area contributed by atoms with Crippen molar-refractivity contribution in [1.82, 2.24) is 16.2 Å². The maximum atomic E-state index is 12.3. The summed E-state index contributed by atoms with van der Waals surface area (Å²) in [6.07, 6.45) is 2.15. The van der Waals surface area contributed by atoms with Gasteiger partial charge < -0.3 is 5.32 Å². The third-order valence-electron chi connectivity index (χ3n) is 3.00. The zero-order chi connectivity index (χ0) is 19.0. The molecule has 11 heteroatoms. The van der Waals surface area contributed by atoms with Gasteiger partial charge in [0.15, 0.2) is 0 Å². The van der Waals surface area contributed by atoms with E-state index in [0.29, 0.717) is 12.2 Å². The Balaban J connectivity index is 2.90. The van der Waals surface area contributed by atoms with Crippen LogP contribution in [-0.2, 0) is 9.59 Å². The number of hydrazine groups is 1. The van der Waals surface area contributed by atoms with Crippen molar-refractivity contribution >= 4 is 46.8 Å².